The number of allylic oxidation sites excluding steroid dienone is 1. The Labute approximate surface area is 128 Å². The van der Waals surface area contributed by atoms with Gasteiger partial charge in [0.25, 0.3) is 0 Å². The third-order valence-electron chi connectivity index (χ3n) is 3.72. The van der Waals surface area contributed by atoms with Gasteiger partial charge in [-0.3, -0.25) is 0 Å². The molecule has 22 heavy (non-hydrogen) atoms. The second-order valence-electron chi connectivity index (χ2n) is 5.19. The highest BCUT2D eigenvalue weighted by molar-refractivity contribution is 5.54. The fourth-order valence-electron chi connectivity index (χ4n) is 2.75. The number of aryl methyl sites for hydroxylation is 1. The molecule has 0 radical (unpaired) electrons. The Kier molecular flexibility index (Phi) is 3.47. The quantitative estimate of drug-likeness (QED) is 0.846. The summed E-state index contributed by atoms with van der Waals surface area (Å²) >= 11 is 0. The van der Waals surface area contributed by atoms with Gasteiger partial charge in [0.1, 0.15) is 12.0 Å². The summed E-state index contributed by atoms with van der Waals surface area (Å²) in [6.45, 7) is 2.06. The van der Waals surface area contributed by atoms with E-state index in [-0.39, 0.29) is 11.7 Å². The van der Waals surface area contributed by atoms with Crippen molar-refractivity contribution in [3.05, 3.63) is 52.9 Å². The van der Waals surface area contributed by atoms with Crippen LogP contribution in [0, 0.1) is 11.3 Å². The van der Waals surface area contributed by atoms with Crippen LogP contribution in [0.2, 0.25) is 0 Å². The standard InChI is InChI=1S/C16H16N4O2/c1-2-3-13-15-14(10-4-6-12(21)7-5-10)11(8-17)9-22-16(15)20(18)19-13/h4-7,9,14,21H,2-3,18H2,1H3. The third-order valence-corrected chi connectivity index (χ3v) is 3.72. The molecule has 2 heterocycles. The summed E-state index contributed by atoms with van der Waals surface area (Å²) in [6, 6.07) is 8.98. The minimum atomic E-state index is -0.284. The molecule has 0 aliphatic carbocycles. The number of hydrogen-bond acceptors (Lipinski definition) is 5. The van der Waals surface area contributed by atoms with Crippen molar-refractivity contribution >= 4 is 0 Å². The highest BCUT2D eigenvalue weighted by atomic mass is 16.5. The maximum atomic E-state index is 9.48. The molecular weight excluding hydrogens is 280 g/mol. The molecule has 1 aliphatic rings. The molecule has 6 nitrogen and oxygen atoms in total. The summed E-state index contributed by atoms with van der Waals surface area (Å²) in [5.41, 5.74) is 3.04. The number of nitrogens with two attached hydrogens (primary N) is 1. The summed E-state index contributed by atoms with van der Waals surface area (Å²) in [7, 11) is 0. The minimum Gasteiger partial charge on any atom is -0.508 e. The molecule has 1 aliphatic heterocycles. The highest BCUT2D eigenvalue weighted by Crippen LogP contribution is 2.42. The van der Waals surface area contributed by atoms with Crippen molar-refractivity contribution in [1.82, 2.24) is 9.89 Å². The van der Waals surface area contributed by atoms with Crippen LogP contribution in [0.25, 0.3) is 0 Å². The monoisotopic (exact) mass is 296 g/mol. The lowest BCUT2D eigenvalue weighted by atomic mass is 9.84. The Morgan fingerprint density at radius 2 is 2.14 bits per heavy atom. The van der Waals surface area contributed by atoms with E-state index in [1.54, 1.807) is 24.3 Å². The van der Waals surface area contributed by atoms with Gasteiger partial charge in [-0.05, 0) is 24.1 Å². The highest BCUT2D eigenvalue weighted by Gasteiger charge is 2.33. The van der Waals surface area contributed by atoms with Crippen LogP contribution >= 0.6 is 0 Å². The van der Waals surface area contributed by atoms with Crippen LogP contribution in [-0.2, 0) is 6.42 Å². The van der Waals surface area contributed by atoms with Gasteiger partial charge in [0.2, 0.25) is 5.88 Å². The second kappa shape index (κ2) is 5.45. The van der Waals surface area contributed by atoms with Gasteiger partial charge < -0.3 is 15.7 Å². The molecule has 0 amide bonds. The first-order chi connectivity index (χ1) is 10.7. The zero-order chi connectivity index (χ0) is 15.7. The van der Waals surface area contributed by atoms with Gasteiger partial charge in [-0.1, -0.05) is 25.5 Å². The number of nitriles is 1. The Balaban J connectivity index is 2.18. The van der Waals surface area contributed by atoms with E-state index in [1.807, 2.05) is 0 Å². The number of hydrogen-bond donors (Lipinski definition) is 2. The Morgan fingerprint density at radius 3 is 2.77 bits per heavy atom. The average molecular weight is 296 g/mol. The number of aromatic hydroxyl groups is 1. The van der Waals surface area contributed by atoms with E-state index in [1.165, 1.54) is 11.1 Å². The number of benzene rings is 1. The topological polar surface area (TPSA) is 97.1 Å². The first-order valence-corrected chi connectivity index (χ1v) is 7.08. The van der Waals surface area contributed by atoms with Crippen LogP contribution in [0.15, 0.2) is 36.1 Å². The first kappa shape index (κ1) is 14.0. The number of ether oxygens (including phenoxy) is 1. The molecule has 1 aromatic carbocycles. The molecule has 0 fully saturated rings. The fourth-order valence-corrected chi connectivity index (χ4v) is 2.75. The number of phenolic OH excluding ortho intramolecular Hbond substituents is 1. The van der Waals surface area contributed by atoms with Gasteiger partial charge in [0.15, 0.2) is 0 Å². The lowest BCUT2D eigenvalue weighted by molar-refractivity contribution is 0.415. The van der Waals surface area contributed by atoms with E-state index in [4.69, 9.17) is 10.6 Å². The average Bonchev–Trinajstić information content (AvgIpc) is 2.84. The van der Waals surface area contributed by atoms with Crippen molar-refractivity contribution in [3.8, 4) is 17.7 Å². The van der Waals surface area contributed by atoms with Crippen molar-refractivity contribution < 1.29 is 9.84 Å². The Hall–Kier alpha value is -2.94. The smallest absolute Gasteiger partial charge is 0.241 e. The van der Waals surface area contributed by atoms with E-state index in [9.17, 15) is 10.4 Å². The lowest BCUT2D eigenvalue weighted by Crippen LogP contribution is -2.16. The molecule has 1 atom stereocenters. The van der Waals surface area contributed by atoms with Gasteiger partial charge >= 0.3 is 0 Å². The molecule has 3 rings (SSSR count). The predicted octanol–water partition coefficient (Wildman–Crippen LogP) is 2.19. The number of fused-ring (bicyclic) bond motifs is 1. The molecule has 6 heteroatoms. The summed E-state index contributed by atoms with van der Waals surface area (Å²) in [6.07, 6.45) is 3.08. The minimum absolute atomic E-state index is 0.182. The number of rotatable bonds is 3. The largest absolute Gasteiger partial charge is 0.508 e. The van der Waals surface area contributed by atoms with E-state index < -0.39 is 0 Å². The van der Waals surface area contributed by atoms with E-state index in [2.05, 4.69) is 18.1 Å². The molecule has 1 unspecified atom stereocenters. The van der Waals surface area contributed by atoms with Crippen LogP contribution in [0.1, 0.15) is 36.1 Å². The second-order valence-corrected chi connectivity index (χ2v) is 5.19. The maximum absolute atomic E-state index is 9.48. The molecular formula is C16H16N4O2. The van der Waals surface area contributed by atoms with Crippen molar-refractivity contribution in [1.29, 1.82) is 5.26 Å². The fraction of sp³-hybridized carbons (Fsp3) is 0.250. The van der Waals surface area contributed by atoms with Crippen LogP contribution in [0.3, 0.4) is 0 Å². The van der Waals surface area contributed by atoms with Crippen LogP contribution < -0.4 is 10.6 Å². The van der Waals surface area contributed by atoms with Gasteiger partial charge in [-0.15, -0.1) is 4.79 Å². The zero-order valence-corrected chi connectivity index (χ0v) is 12.2. The molecule has 0 spiro atoms. The van der Waals surface area contributed by atoms with Crippen molar-refractivity contribution in [3.63, 3.8) is 0 Å². The zero-order valence-electron chi connectivity index (χ0n) is 12.2. The molecule has 1 aromatic heterocycles. The number of nitrogen functional groups attached to an aromatic ring is 1. The number of aromatic nitrogens is 2. The van der Waals surface area contributed by atoms with E-state index in [0.29, 0.717) is 11.5 Å². The molecule has 2 aromatic rings. The normalized spacial score (nSPS) is 16.4. The van der Waals surface area contributed by atoms with Gasteiger partial charge in [0.05, 0.1) is 28.8 Å². The summed E-state index contributed by atoms with van der Waals surface area (Å²) in [5.74, 6) is 6.23. The van der Waals surface area contributed by atoms with E-state index in [0.717, 1.165) is 29.7 Å². The lowest BCUT2D eigenvalue weighted by Gasteiger charge is -2.22. The first-order valence-electron chi connectivity index (χ1n) is 7.08. The number of phenols is 1. The summed E-state index contributed by atoms with van der Waals surface area (Å²) in [5, 5.41) is 23.2. The SMILES string of the molecule is CCCc1nn(N)c2c1C(c1ccc(O)cc1)C(C#N)=CO2. The molecule has 0 saturated heterocycles. The van der Waals surface area contributed by atoms with Crippen LogP contribution in [0.5, 0.6) is 11.6 Å². The number of nitrogens with zero attached hydrogens (tertiary/aromatic N) is 3. The summed E-state index contributed by atoms with van der Waals surface area (Å²) in [4.78, 5) is 1.22. The Morgan fingerprint density at radius 1 is 1.41 bits per heavy atom. The third kappa shape index (κ3) is 2.17. The molecule has 3 N–H and O–H groups in total. The van der Waals surface area contributed by atoms with Gasteiger partial charge in [-0.2, -0.15) is 10.4 Å². The molecule has 0 saturated carbocycles. The van der Waals surface area contributed by atoms with Crippen LogP contribution in [-0.4, -0.2) is 15.0 Å². The van der Waals surface area contributed by atoms with Crippen LogP contribution in [0.4, 0.5) is 0 Å². The van der Waals surface area contributed by atoms with Crippen molar-refractivity contribution in [2.24, 2.45) is 0 Å². The maximum Gasteiger partial charge on any atom is 0.241 e. The Bertz CT molecular complexity index is 769. The predicted molar refractivity (Wildman–Crippen MR) is 80.6 cm³/mol. The van der Waals surface area contributed by atoms with E-state index >= 15 is 0 Å². The van der Waals surface area contributed by atoms with Gasteiger partial charge in [-0.25, -0.2) is 0 Å². The van der Waals surface area contributed by atoms with Gasteiger partial charge in [0, 0.05) is 0 Å². The molecule has 112 valence electrons. The van der Waals surface area contributed by atoms with Crippen molar-refractivity contribution in [2.45, 2.75) is 25.7 Å². The van der Waals surface area contributed by atoms with Crippen molar-refractivity contribution in [2.75, 3.05) is 5.84 Å². The molecule has 0 bridgehead atoms. The summed E-state index contributed by atoms with van der Waals surface area (Å²) < 4.78 is 5.50.